The lowest BCUT2D eigenvalue weighted by Crippen LogP contribution is -2.07. The van der Waals surface area contributed by atoms with Crippen LogP contribution in [0.1, 0.15) is 42.9 Å². The van der Waals surface area contributed by atoms with Crippen molar-refractivity contribution < 1.29 is 4.79 Å². The predicted molar refractivity (Wildman–Crippen MR) is 51.9 cm³/mol. The second kappa shape index (κ2) is 4.56. The molecule has 0 fully saturated rings. The minimum atomic E-state index is -0.102. The number of rotatable bonds is 4. The van der Waals surface area contributed by atoms with Crippen molar-refractivity contribution >= 4 is 5.78 Å². The molecule has 74 valence electrons. The fourth-order valence-electron chi connectivity index (χ4n) is 1.33. The number of nitrogens with zero attached hydrogens (tertiary/aromatic N) is 3. The van der Waals surface area contributed by atoms with E-state index < -0.39 is 0 Å². The Kier molecular flexibility index (Phi) is 3.41. The Morgan fingerprint density at radius 3 is 2.93 bits per heavy atom. The van der Waals surface area contributed by atoms with Gasteiger partial charge in [-0.3, -0.25) is 4.79 Å². The van der Waals surface area contributed by atoms with E-state index in [4.69, 9.17) is 5.26 Å². The van der Waals surface area contributed by atoms with Gasteiger partial charge in [0.2, 0.25) is 0 Å². The maximum Gasteiger partial charge on any atom is 0.179 e. The summed E-state index contributed by atoms with van der Waals surface area (Å²) < 4.78 is 1.75. The van der Waals surface area contributed by atoms with E-state index in [1.165, 1.54) is 6.92 Å². The van der Waals surface area contributed by atoms with Gasteiger partial charge in [-0.2, -0.15) is 5.26 Å². The van der Waals surface area contributed by atoms with Crippen LogP contribution in [0.15, 0.2) is 6.33 Å². The molecule has 4 nitrogen and oxygen atoms in total. The van der Waals surface area contributed by atoms with E-state index in [0.717, 1.165) is 19.4 Å². The number of aromatic nitrogens is 2. The number of aryl methyl sites for hydroxylation is 1. The highest BCUT2D eigenvalue weighted by Gasteiger charge is 2.13. The third-order valence-electron chi connectivity index (χ3n) is 2.03. The summed E-state index contributed by atoms with van der Waals surface area (Å²) in [6.45, 7) is 4.29. The quantitative estimate of drug-likeness (QED) is 0.681. The van der Waals surface area contributed by atoms with E-state index in [9.17, 15) is 4.79 Å². The molecule has 0 aromatic carbocycles. The summed E-state index contributed by atoms with van der Waals surface area (Å²) in [7, 11) is 0. The van der Waals surface area contributed by atoms with Gasteiger partial charge in [-0.15, -0.1) is 0 Å². The van der Waals surface area contributed by atoms with Crippen molar-refractivity contribution in [1.29, 1.82) is 5.26 Å². The van der Waals surface area contributed by atoms with E-state index >= 15 is 0 Å². The molecular weight excluding hydrogens is 178 g/mol. The van der Waals surface area contributed by atoms with Crippen LogP contribution in [0.3, 0.4) is 0 Å². The van der Waals surface area contributed by atoms with Crippen LogP contribution in [0.5, 0.6) is 0 Å². The Morgan fingerprint density at radius 1 is 1.71 bits per heavy atom. The van der Waals surface area contributed by atoms with Crippen LogP contribution in [0.4, 0.5) is 0 Å². The van der Waals surface area contributed by atoms with Gasteiger partial charge < -0.3 is 4.57 Å². The molecule has 1 rings (SSSR count). The van der Waals surface area contributed by atoms with Crippen molar-refractivity contribution in [2.24, 2.45) is 0 Å². The first kappa shape index (κ1) is 10.5. The highest BCUT2D eigenvalue weighted by molar-refractivity contribution is 5.94. The maximum absolute atomic E-state index is 11.3. The Balaban J connectivity index is 3.00. The third kappa shape index (κ3) is 1.99. The van der Waals surface area contributed by atoms with Crippen molar-refractivity contribution in [3.63, 3.8) is 0 Å². The Morgan fingerprint density at radius 2 is 2.43 bits per heavy atom. The van der Waals surface area contributed by atoms with Gasteiger partial charge in [-0.25, -0.2) is 4.98 Å². The van der Waals surface area contributed by atoms with Gasteiger partial charge in [0, 0.05) is 13.5 Å². The van der Waals surface area contributed by atoms with E-state index in [1.807, 2.05) is 6.07 Å². The van der Waals surface area contributed by atoms with E-state index in [0.29, 0.717) is 5.69 Å². The van der Waals surface area contributed by atoms with Gasteiger partial charge in [0.05, 0.1) is 6.33 Å². The lowest BCUT2D eigenvalue weighted by molar-refractivity contribution is 0.100. The Hall–Kier alpha value is -1.63. The lowest BCUT2D eigenvalue weighted by Gasteiger charge is -2.03. The number of ketones is 1. The second-order valence-electron chi connectivity index (χ2n) is 3.16. The van der Waals surface area contributed by atoms with Crippen molar-refractivity contribution in [2.45, 2.75) is 33.2 Å². The summed E-state index contributed by atoms with van der Waals surface area (Å²) in [5.74, 6) is -0.102. The molecular formula is C10H13N3O. The van der Waals surface area contributed by atoms with Gasteiger partial charge in [-0.05, 0) is 6.42 Å². The zero-order valence-corrected chi connectivity index (χ0v) is 8.45. The molecule has 0 aliphatic heterocycles. The summed E-state index contributed by atoms with van der Waals surface area (Å²) in [6.07, 6.45) is 3.60. The Bertz CT molecular complexity index is 373. The molecule has 0 spiro atoms. The van der Waals surface area contributed by atoms with E-state index in [2.05, 4.69) is 11.9 Å². The highest BCUT2D eigenvalue weighted by atomic mass is 16.1. The molecule has 1 heterocycles. The van der Waals surface area contributed by atoms with Crippen molar-refractivity contribution in [3.05, 3.63) is 17.7 Å². The molecule has 0 bridgehead atoms. The minimum Gasteiger partial charge on any atom is -0.327 e. The smallest absolute Gasteiger partial charge is 0.179 e. The van der Waals surface area contributed by atoms with Gasteiger partial charge in [-0.1, -0.05) is 13.3 Å². The van der Waals surface area contributed by atoms with Crippen LogP contribution in [0.25, 0.3) is 0 Å². The standard InChI is InChI=1S/C10H13N3O/c1-3-4-5-13-7-12-9(6-11)10(13)8(2)14/h7H,3-5H2,1-2H3. The van der Waals surface area contributed by atoms with Gasteiger partial charge in [0.15, 0.2) is 11.5 Å². The largest absolute Gasteiger partial charge is 0.327 e. The molecule has 0 saturated heterocycles. The fourth-order valence-corrected chi connectivity index (χ4v) is 1.33. The van der Waals surface area contributed by atoms with E-state index in [-0.39, 0.29) is 11.5 Å². The first-order valence-electron chi connectivity index (χ1n) is 4.66. The average Bonchev–Trinajstić information content (AvgIpc) is 2.57. The van der Waals surface area contributed by atoms with Gasteiger partial charge in [0.25, 0.3) is 0 Å². The fraction of sp³-hybridized carbons (Fsp3) is 0.500. The zero-order valence-electron chi connectivity index (χ0n) is 8.45. The molecule has 0 N–H and O–H groups in total. The maximum atomic E-state index is 11.3. The summed E-state index contributed by atoms with van der Waals surface area (Å²) in [4.78, 5) is 15.1. The lowest BCUT2D eigenvalue weighted by atomic mass is 10.2. The van der Waals surface area contributed by atoms with Gasteiger partial charge >= 0.3 is 0 Å². The first-order valence-corrected chi connectivity index (χ1v) is 4.66. The van der Waals surface area contributed by atoms with Crippen LogP contribution in [-0.2, 0) is 6.54 Å². The van der Waals surface area contributed by atoms with Crippen LogP contribution >= 0.6 is 0 Å². The van der Waals surface area contributed by atoms with Crippen LogP contribution in [-0.4, -0.2) is 15.3 Å². The number of hydrogen-bond acceptors (Lipinski definition) is 3. The monoisotopic (exact) mass is 191 g/mol. The van der Waals surface area contributed by atoms with Crippen molar-refractivity contribution in [2.75, 3.05) is 0 Å². The molecule has 0 saturated carbocycles. The average molecular weight is 191 g/mol. The van der Waals surface area contributed by atoms with Gasteiger partial charge in [0.1, 0.15) is 11.8 Å². The van der Waals surface area contributed by atoms with E-state index in [1.54, 1.807) is 10.9 Å². The summed E-state index contributed by atoms with van der Waals surface area (Å²) in [6, 6.07) is 1.92. The topological polar surface area (TPSA) is 58.7 Å². The van der Waals surface area contributed by atoms with Crippen molar-refractivity contribution in [3.8, 4) is 6.07 Å². The molecule has 1 aromatic heterocycles. The zero-order chi connectivity index (χ0) is 10.6. The number of hydrogen-bond donors (Lipinski definition) is 0. The molecule has 0 unspecified atom stereocenters. The molecule has 0 aliphatic carbocycles. The minimum absolute atomic E-state index is 0.102. The Labute approximate surface area is 83.2 Å². The molecule has 0 atom stereocenters. The molecule has 14 heavy (non-hydrogen) atoms. The SMILES string of the molecule is CCCCn1cnc(C#N)c1C(C)=O. The third-order valence-corrected chi connectivity index (χ3v) is 2.03. The molecule has 0 radical (unpaired) electrons. The summed E-state index contributed by atoms with van der Waals surface area (Å²) in [5, 5.41) is 8.73. The number of Topliss-reactive ketones (excluding diaryl/α,β-unsaturated/α-hetero) is 1. The predicted octanol–water partition coefficient (Wildman–Crippen LogP) is 1.76. The first-order chi connectivity index (χ1) is 6.70. The number of carbonyl (C=O) groups is 1. The normalized spacial score (nSPS) is 9.79. The number of imidazole rings is 1. The molecule has 1 aromatic rings. The van der Waals surface area contributed by atoms with Crippen LogP contribution in [0.2, 0.25) is 0 Å². The molecule has 4 heteroatoms. The number of unbranched alkanes of at least 4 members (excludes halogenated alkanes) is 1. The van der Waals surface area contributed by atoms with Crippen molar-refractivity contribution in [1.82, 2.24) is 9.55 Å². The number of nitriles is 1. The van der Waals surface area contributed by atoms with Crippen LogP contribution < -0.4 is 0 Å². The highest BCUT2D eigenvalue weighted by Crippen LogP contribution is 2.08. The second-order valence-corrected chi connectivity index (χ2v) is 3.16. The summed E-state index contributed by atoms with van der Waals surface area (Å²) >= 11 is 0. The number of carbonyl (C=O) groups excluding carboxylic acids is 1. The molecule has 0 aliphatic rings. The van der Waals surface area contributed by atoms with Crippen LogP contribution in [0, 0.1) is 11.3 Å². The molecule has 0 amide bonds. The summed E-state index contributed by atoms with van der Waals surface area (Å²) in [5.41, 5.74) is 0.662.